The molecule has 3 aromatic rings. The third-order valence-electron chi connectivity index (χ3n) is 5.16. The predicted molar refractivity (Wildman–Crippen MR) is 98.7 cm³/mol. The summed E-state index contributed by atoms with van der Waals surface area (Å²) in [5.41, 5.74) is 2.04. The largest absolute Gasteiger partial charge is 0.486 e. The molecule has 1 amide bonds. The number of anilines is 1. The number of pyridine rings is 1. The normalized spacial score (nSPS) is 16.9. The summed E-state index contributed by atoms with van der Waals surface area (Å²) in [6, 6.07) is 15.5. The van der Waals surface area contributed by atoms with Crippen molar-refractivity contribution >= 4 is 22.5 Å². The molecule has 5 nitrogen and oxygen atoms in total. The van der Waals surface area contributed by atoms with E-state index in [0.717, 1.165) is 46.5 Å². The highest BCUT2D eigenvalue weighted by atomic mass is 16.6. The van der Waals surface area contributed by atoms with Gasteiger partial charge < -0.3 is 14.8 Å². The summed E-state index contributed by atoms with van der Waals surface area (Å²) in [5, 5.41) is 4.10. The second-order valence-corrected chi connectivity index (χ2v) is 6.78. The van der Waals surface area contributed by atoms with Crippen LogP contribution in [0.25, 0.3) is 10.9 Å². The van der Waals surface area contributed by atoms with Gasteiger partial charge in [0.25, 0.3) is 0 Å². The van der Waals surface area contributed by atoms with E-state index < -0.39 is 5.41 Å². The number of fused-ring (bicyclic) bond motifs is 2. The number of para-hydroxylation sites is 1. The van der Waals surface area contributed by atoms with Crippen molar-refractivity contribution in [2.45, 2.75) is 18.3 Å². The molecule has 0 spiro atoms. The highest BCUT2D eigenvalue weighted by Crippen LogP contribution is 2.51. The molecule has 1 aliphatic carbocycles. The van der Waals surface area contributed by atoms with Crippen LogP contribution in [-0.4, -0.2) is 24.1 Å². The van der Waals surface area contributed by atoms with Gasteiger partial charge in [-0.2, -0.15) is 0 Å². The first-order chi connectivity index (χ1) is 12.8. The highest BCUT2D eigenvalue weighted by molar-refractivity contribution is 6.06. The fourth-order valence-electron chi connectivity index (χ4n) is 3.56. The Morgan fingerprint density at radius 3 is 2.65 bits per heavy atom. The van der Waals surface area contributed by atoms with Crippen molar-refractivity contribution in [2.24, 2.45) is 0 Å². The van der Waals surface area contributed by atoms with Crippen LogP contribution >= 0.6 is 0 Å². The van der Waals surface area contributed by atoms with E-state index >= 15 is 0 Å². The maximum Gasteiger partial charge on any atom is 0.235 e. The van der Waals surface area contributed by atoms with Crippen molar-refractivity contribution < 1.29 is 14.3 Å². The predicted octanol–water partition coefficient (Wildman–Crippen LogP) is 3.68. The number of hydrogen-bond donors (Lipinski definition) is 1. The van der Waals surface area contributed by atoms with Crippen LogP contribution in [0, 0.1) is 0 Å². The van der Waals surface area contributed by atoms with Crippen molar-refractivity contribution in [3.05, 3.63) is 60.3 Å². The summed E-state index contributed by atoms with van der Waals surface area (Å²) >= 11 is 0. The first-order valence-corrected chi connectivity index (χ1v) is 8.82. The van der Waals surface area contributed by atoms with Crippen molar-refractivity contribution in [2.75, 3.05) is 18.5 Å². The smallest absolute Gasteiger partial charge is 0.235 e. The van der Waals surface area contributed by atoms with Crippen molar-refractivity contribution in [1.82, 2.24) is 4.98 Å². The molecule has 130 valence electrons. The molecule has 2 heterocycles. The van der Waals surface area contributed by atoms with Gasteiger partial charge in [0, 0.05) is 11.6 Å². The van der Waals surface area contributed by atoms with E-state index in [0.29, 0.717) is 13.2 Å². The molecule has 1 aliphatic heterocycles. The first kappa shape index (κ1) is 15.2. The van der Waals surface area contributed by atoms with Gasteiger partial charge in [-0.15, -0.1) is 0 Å². The summed E-state index contributed by atoms with van der Waals surface area (Å²) in [6.45, 7) is 1.10. The Labute approximate surface area is 151 Å². The van der Waals surface area contributed by atoms with Crippen molar-refractivity contribution in [1.29, 1.82) is 0 Å². The van der Waals surface area contributed by atoms with Gasteiger partial charge in [0.1, 0.15) is 13.2 Å². The molecule has 1 N–H and O–H groups in total. The van der Waals surface area contributed by atoms with Crippen LogP contribution in [0.15, 0.2) is 54.7 Å². The number of ether oxygens (including phenoxy) is 2. The molecule has 2 aromatic carbocycles. The lowest BCUT2D eigenvalue weighted by atomic mass is 9.94. The number of rotatable bonds is 3. The van der Waals surface area contributed by atoms with Gasteiger partial charge in [-0.05, 0) is 42.7 Å². The molecule has 1 saturated carbocycles. The van der Waals surface area contributed by atoms with Gasteiger partial charge in [0.05, 0.1) is 16.6 Å². The number of hydrogen-bond acceptors (Lipinski definition) is 4. The maximum atomic E-state index is 13.1. The molecular formula is C21H18N2O3. The van der Waals surface area contributed by atoms with Gasteiger partial charge >= 0.3 is 0 Å². The summed E-state index contributed by atoms with van der Waals surface area (Å²) in [7, 11) is 0. The number of nitrogens with one attached hydrogen (secondary N) is 1. The van der Waals surface area contributed by atoms with E-state index in [1.54, 1.807) is 6.20 Å². The molecule has 2 aliphatic rings. The molecule has 0 radical (unpaired) electrons. The molecule has 5 heteroatoms. The molecule has 0 saturated heterocycles. The fraction of sp³-hybridized carbons (Fsp3) is 0.238. The molecule has 26 heavy (non-hydrogen) atoms. The second-order valence-electron chi connectivity index (χ2n) is 6.78. The van der Waals surface area contributed by atoms with Gasteiger partial charge in [0.2, 0.25) is 5.91 Å². The zero-order valence-corrected chi connectivity index (χ0v) is 14.2. The fourth-order valence-corrected chi connectivity index (χ4v) is 3.56. The monoisotopic (exact) mass is 346 g/mol. The zero-order valence-electron chi connectivity index (χ0n) is 14.2. The lowest BCUT2D eigenvalue weighted by molar-refractivity contribution is -0.118. The van der Waals surface area contributed by atoms with Crippen molar-refractivity contribution in [3.8, 4) is 11.5 Å². The number of aromatic nitrogens is 1. The summed E-state index contributed by atoms with van der Waals surface area (Å²) in [6.07, 6.45) is 3.40. The Balaban J connectivity index is 1.46. The van der Waals surface area contributed by atoms with Crippen LogP contribution in [-0.2, 0) is 10.2 Å². The average Bonchev–Trinajstić information content (AvgIpc) is 3.50. The summed E-state index contributed by atoms with van der Waals surface area (Å²) < 4.78 is 11.3. The maximum absolute atomic E-state index is 13.1. The average molecular weight is 346 g/mol. The number of nitrogens with zero attached hydrogens (tertiary/aromatic N) is 1. The molecule has 5 rings (SSSR count). The zero-order chi connectivity index (χ0) is 17.6. The quantitative estimate of drug-likeness (QED) is 0.786. The third kappa shape index (κ3) is 2.39. The molecule has 0 atom stereocenters. The van der Waals surface area contributed by atoms with Crippen LogP contribution in [0.3, 0.4) is 0 Å². The molecule has 0 unspecified atom stereocenters. The van der Waals surface area contributed by atoms with Gasteiger partial charge in [-0.3, -0.25) is 9.78 Å². The minimum atomic E-state index is -0.493. The minimum absolute atomic E-state index is 0.00679. The van der Waals surface area contributed by atoms with E-state index in [2.05, 4.69) is 10.3 Å². The number of amides is 1. The van der Waals surface area contributed by atoms with Gasteiger partial charge in [0.15, 0.2) is 11.5 Å². The van der Waals surface area contributed by atoms with Crippen LogP contribution in [0.5, 0.6) is 11.5 Å². The summed E-state index contributed by atoms with van der Waals surface area (Å²) in [4.78, 5) is 17.5. The van der Waals surface area contributed by atoms with Crippen LogP contribution in [0.2, 0.25) is 0 Å². The molecule has 0 bridgehead atoms. The highest BCUT2D eigenvalue weighted by Gasteiger charge is 2.51. The standard InChI is InChI=1S/C21H18N2O3/c24-20(23-16-5-1-3-14-4-2-10-22-19(14)16)21(8-9-21)15-6-7-17-18(13-15)26-12-11-25-17/h1-7,10,13H,8-9,11-12H2,(H,23,24). The number of benzene rings is 2. The van der Waals surface area contributed by atoms with Crippen LogP contribution in [0.1, 0.15) is 18.4 Å². The molecular weight excluding hydrogens is 328 g/mol. The lowest BCUT2D eigenvalue weighted by Crippen LogP contribution is -2.28. The number of carbonyl (C=O) groups is 1. The van der Waals surface area contributed by atoms with Crippen molar-refractivity contribution in [3.63, 3.8) is 0 Å². The SMILES string of the molecule is O=C(Nc1cccc2cccnc12)C1(c2ccc3c(c2)OCCO3)CC1. The van der Waals surface area contributed by atoms with E-state index in [1.165, 1.54) is 0 Å². The van der Waals surface area contributed by atoms with E-state index in [4.69, 9.17) is 9.47 Å². The van der Waals surface area contributed by atoms with Crippen LogP contribution < -0.4 is 14.8 Å². The molecule has 1 fully saturated rings. The topological polar surface area (TPSA) is 60.5 Å². The van der Waals surface area contributed by atoms with Gasteiger partial charge in [-0.1, -0.05) is 24.3 Å². The van der Waals surface area contributed by atoms with E-state index in [9.17, 15) is 4.79 Å². The van der Waals surface area contributed by atoms with E-state index in [1.807, 2.05) is 48.5 Å². The Kier molecular flexibility index (Phi) is 3.35. The Bertz CT molecular complexity index is 1010. The minimum Gasteiger partial charge on any atom is -0.486 e. The second kappa shape index (κ2) is 5.73. The Morgan fingerprint density at radius 1 is 1.00 bits per heavy atom. The molecule has 1 aromatic heterocycles. The van der Waals surface area contributed by atoms with E-state index in [-0.39, 0.29) is 5.91 Å². The third-order valence-corrected chi connectivity index (χ3v) is 5.16. The number of carbonyl (C=O) groups excluding carboxylic acids is 1. The summed E-state index contributed by atoms with van der Waals surface area (Å²) in [5.74, 6) is 1.47. The first-order valence-electron chi connectivity index (χ1n) is 8.82. The Morgan fingerprint density at radius 2 is 1.81 bits per heavy atom. The Hall–Kier alpha value is -3.08. The van der Waals surface area contributed by atoms with Gasteiger partial charge in [-0.25, -0.2) is 0 Å². The lowest BCUT2D eigenvalue weighted by Gasteiger charge is -2.22. The van der Waals surface area contributed by atoms with Crippen LogP contribution in [0.4, 0.5) is 5.69 Å².